The smallest absolute Gasteiger partial charge is 0.153 e. The molecule has 0 spiro atoms. The fraction of sp³-hybridized carbons (Fsp3) is 0.100. The number of halogens is 7. The van der Waals surface area contributed by atoms with Crippen molar-refractivity contribution in [3.8, 4) is 11.4 Å². The highest BCUT2D eigenvalue weighted by Gasteiger charge is 2.24. The molecule has 12 heteroatoms. The molecule has 0 aliphatic heterocycles. The molecule has 2 aromatic heterocycles. The number of aliphatic hydroxyl groups excluding tert-OH is 1. The highest BCUT2D eigenvalue weighted by Crippen LogP contribution is 2.30. The van der Waals surface area contributed by atoms with Crippen molar-refractivity contribution in [1.29, 1.82) is 0 Å². The van der Waals surface area contributed by atoms with Gasteiger partial charge in [0, 0.05) is 32.5 Å². The van der Waals surface area contributed by atoms with E-state index in [9.17, 15) is 22.7 Å². The fourth-order valence-electron chi connectivity index (χ4n) is 3.14. The van der Waals surface area contributed by atoms with Gasteiger partial charge in [0.05, 0.1) is 12.1 Å². The maximum absolute atomic E-state index is 14.3. The molecule has 2 heterocycles. The van der Waals surface area contributed by atoms with E-state index >= 15 is 0 Å². The minimum atomic E-state index is -1.43. The van der Waals surface area contributed by atoms with Gasteiger partial charge in [0.1, 0.15) is 23.2 Å². The first-order valence-corrected chi connectivity index (χ1v) is 11.0. The number of hydrogen-bond donors (Lipinski definition) is 1. The Labute approximate surface area is 200 Å². The Morgan fingerprint density at radius 1 is 0.875 bits per heavy atom. The van der Waals surface area contributed by atoms with E-state index < -0.39 is 40.7 Å². The molecule has 0 saturated heterocycles. The van der Waals surface area contributed by atoms with E-state index in [1.165, 1.54) is 18.6 Å². The number of benzene rings is 2. The van der Waals surface area contributed by atoms with Crippen LogP contribution in [0.5, 0.6) is 0 Å². The van der Waals surface area contributed by atoms with Crippen molar-refractivity contribution in [2.45, 2.75) is 12.0 Å². The SMILES string of the molecule is OC(c1cnn(-c2c(F)cc(Br)cc2F)c1)c1nn(-c2c(F)cc(Br)cc2F)cc1CCl. The topological polar surface area (TPSA) is 55.9 Å². The van der Waals surface area contributed by atoms with Crippen LogP contribution in [0.1, 0.15) is 22.9 Å². The van der Waals surface area contributed by atoms with Crippen LogP contribution in [0.2, 0.25) is 0 Å². The summed E-state index contributed by atoms with van der Waals surface area (Å²) in [4.78, 5) is 0. The van der Waals surface area contributed by atoms with Gasteiger partial charge in [-0.3, -0.25) is 0 Å². The van der Waals surface area contributed by atoms with Gasteiger partial charge in [-0.2, -0.15) is 10.2 Å². The molecule has 1 atom stereocenters. The molecule has 0 saturated carbocycles. The summed E-state index contributed by atoms with van der Waals surface area (Å²) >= 11 is 12.0. The summed E-state index contributed by atoms with van der Waals surface area (Å²) < 4.78 is 59.5. The molecule has 2 aromatic carbocycles. The first-order chi connectivity index (χ1) is 15.2. The summed E-state index contributed by atoms with van der Waals surface area (Å²) in [6.07, 6.45) is 2.28. The lowest BCUT2D eigenvalue weighted by molar-refractivity contribution is 0.213. The third kappa shape index (κ3) is 4.21. The van der Waals surface area contributed by atoms with E-state index in [2.05, 4.69) is 42.1 Å². The molecule has 0 fully saturated rings. The van der Waals surface area contributed by atoms with E-state index in [0.29, 0.717) is 5.56 Å². The van der Waals surface area contributed by atoms with Gasteiger partial charge >= 0.3 is 0 Å². The van der Waals surface area contributed by atoms with Crippen molar-refractivity contribution < 1.29 is 22.7 Å². The first kappa shape index (κ1) is 23.0. The van der Waals surface area contributed by atoms with Gasteiger partial charge in [-0.25, -0.2) is 26.9 Å². The highest BCUT2D eigenvalue weighted by molar-refractivity contribution is 9.10. The quantitative estimate of drug-likeness (QED) is 0.229. The third-order valence-electron chi connectivity index (χ3n) is 4.57. The maximum Gasteiger partial charge on any atom is 0.153 e. The van der Waals surface area contributed by atoms with E-state index in [-0.39, 0.29) is 26.1 Å². The standard InChI is InChI=1S/C20H11Br2ClF4N4O/c21-11-1-13(24)18(14(25)2-11)30-8-10(6-28-30)20(32)17-9(5-23)7-31(29-17)19-15(26)3-12(22)4-16(19)27/h1-4,6-8,20,32H,5H2. The molecular formula is C20H11Br2ClF4N4O. The molecule has 4 rings (SSSR count). The summed E-state index contributed by atoms with van der Waals surface area (Å²) in [5.41, 5.74) is -0.436. The maximum atomic E-state index is 14.3. The minimum absolute atomic E-state index is 0.0121. The van der Waals surface area contributed by atoms with Crippen molar-refractivity contribution in [3.05, 3.63) is 91.9 Å². The molecular weight excluding hydrogens is 584 g/mol. The number of hydrogen-bond acceptors (Lipinski definition) is 3. The highest BCUT2D eigenvalue weighted by atomic mass is 79.9. The number of nitrogens with zero attached hydrogens (tertiary/aromatic N) is 4. The van der Waals surface area contributed by atoms with Gasteiger partial charge in [-0.1, -0.05) is 31.9 Å². The van der Waals surface area contributed by atoms with Crippen LogP contribution in [-0.2, 0) is 5.88 Å². The first-order valence-electron chi connectivity index (χ1n) is 8.86. The monoisotopic (exact) mass is 592 g/mol. The third-order valence-corrected chi connectivity index (χ3v) is 5.77. The Balaban J connectivity index is 1.73. The Bertz CT molecular complexity index is 1280. The average molecular weight is 595 g/mol. The van der Waals surface area contributed by atoms with Crippen molar-refractivity contribution in [1.82, 2.24) is 19.6 Å². The fourth-order valence-corrected chi connectivity index (χ4v) is 4.15. The molecule has 1 unspecified atom stereocenters. The Hall–Kier alpha value is -2.21. The molecule has 166 valence electrons. The molecule has 0 radical (unpaired) electrons. The normalized spacial score (nSPS) is 12.4. The van der Waals surface area contributed by atoms with Crippen molar-refractivity contribution in [2.24, 2.45) is 0 Å². The number of aliphatic hydroxyl groups is 1. The number of aromatic nitrogens is 4. The summed E-state index contributed by atoms with van der Waals surface area (Å²) in [5, 5.41) is 18.8. The van der Waals surface area contributed by atoms with Gasteiger partial charge in [0.2, 0.25) is 0 Å². The number of rotatable bonds is 5. The predicted octanol–water partition coefficient (Wildman–Crippen LogP) is 5.96. The van der Waals surface area contributed by atoms with Gasteiger partial charge in [0.25, 0.3) is 0 Å². The Kier molecular flexibility index (Phi) is 6.44. The van der Waals surface area contributed by atoms with Gasteiger partial charge < -0.3 is 5.11 Å². The summed E-state index contributed by atoms with van der Waals surface area (Å²) in [6, 6.07) is 4.29. The summed E-state index contributed by atoms with van der Waals surface area (Å²) in [7, 11) is 0. The lowest BCUT2D eigenvalue weighted by Crippen LogP contribution is -2.06. The molecule has 1 N–H and O–H groups in total. The van der Waals surface area contributed by atoms with Crippen LogP contribution in [0.4, 0.5) is 17.6 Å². The lowest BCUT2D eigenvalue weighted by atomic mass is 10.1. The van der Waals surface area contributed by atoms with Crippen molar-refractivity contribution >= 4 is 43.5 Å². The summed E-state index contributed by atoms with van der Waals surface area (Å²) in [6.45, 7) is 0. The zero-order valence-electron chi connectivity index (χ0n) is 15.7. The zero-order chi connectivity index (χ0) is 23.2. The second kappa shape index (κ2) is 8.97. The second-order valence-corrected chi connectivity index (χ2v) is 8.77. The van der Waals surface area contributed by atoms with Crippen LogP contribution in [0.15, 0.2) is 51.8 Å². The second-order valence-electron chi connectivity index (χ2n) is 6.67. The molecule has 0 aliphatic carbocycles. The van der Waals surface area contributed by atoms with E-state index in [0.717, 1.165) is 33.6 Å². The van der Waals surface area contributed by atoms with Gasteiger partial charge in [-0.05, 0) is 24.3 Å². The van der Waals surface area contributed by atoms with Crippen molar-refractivity contribution in [2.75, 3.05) is 0 Å². The van der Waals surface area contributed by atoms with Gasteiger partial charge in [0.15, 0.2) is 23.3 Å². The average Bonchev–Trinajstić information content (AvgIpc) is 3.33. The minimum Gasteiger partial charge on any atom is -0.382 e. The predicted molar refractivity (Wildman–Crippen MR) is 116 cm³/mol. The molecule has 0 amide bonds. The van der Waals surface area contributed by atoms with Crippen LogP contribution >= 0.6 is 43.5 Å². The molecule has 0 bridgehead atoms. The molecule has 5 nitrogen and oxygen atoms in total. The van der Waals surface area contributed by atoms with Crippen LogP contribution in [-0.4, -0.2) is 24.7 Å². The summed E-state index contributed by atoms with van der Waals surface area (Å²) in [5.74, 6) is -3.61. The molecule has 4 aromatic rings. The van der Waals surface area contributed by atoms with E-state index in [1.54, 1.807) is 0 Å². The Morgan fingerprint density at radius 3 is 1.88 bits per heavy atom. The van der Waals surface area contributed by atoms with Crippen molar-refractivity contribution in [3.63, 3.8) is 0 Å². The van der Waals surface area contributed by atoms with Crippen LogP contribution in [0.25, 0.3) is 11.4 Å². The molecule has 32 heavy (non-hydrogen) atoms. The lowest BCUT2D eigenvalue weighted by Gasteiger charge is -2.08. The zero-order valence-corrected chi connectivity index (χ0v) is 19.6. The molecule has 0 aliphatic rings. The van der Waals surface area contributed by atoms with E-state index in [1.807, 2.05) is 0 Å². The van der Waals surface area contributed by atoms with Gasteiger partial charge in [-0.15, -0.1) is 11.6 Å². The van der Waals surface area contributed by atoms with E-state index in [4.69, 9.17) is 11.6 Å². The van der Waals surface area contributed by atoms with Crippen LogP contribution in [0.3, 0.4) is 0 Å². The Morgan fingerprint density at radius 2 is 1.38 bits per heavy atom. The van der Waals surface area contributed by atoms with Crippen LogP contribution in [0, 0.1) is 23.3 Å². The number of alkyl halides is 1. The van der Waals surface area contributed by atoms with Crippen LogP contribution < -0.4 is 0 Å². The largest absolute Gasteiger partial charge is 0.382 e.